The highest BCUT2D eigenvalue weighted by Crippen LogP contribution is 2.32. The maximum absolute atomic E-state index is 13.0. The minimum absolute atomic E-state index is 0.0616. The zero-order chi connectivity index (χ0) is 18.3. The monoisotopic (exact) mass is 355 g/mol. The van der Waals surface area contributed by atoms with Gasteiger partial charge in [0.25, 0.3) is 5.91 Å². The molecule has 2 atom stereocenters. The Morgan fingerprint density at radius 3 is 2.96 bits per heavy atom. The third kappa shape index (κ3) is 2.98. The summed E-state index contributed by atoms with van der Waals surface area (Å²) in [6.07, 6.45) is 2.24. The van der Waals surface area contributed by atoms with Crippen LogP contribution in [-0.4, -0.2) is 53.8 Å². The molecule has 2 fully saturated rings. The van der Waals surface area contributed by atoms with Gasteiger partial charge in [0, 0.05) is 49.6 Å². The Balaban J connectivity index is 1.50. The summed E-state index contributed by atoms with van der Waals surface area (Å²) >= 11 is 0. The molecule has 2 aliphatic heterocycles. The summed E-state index contributed by atoms with van der Waals surface area (Å²) in [4.78, 5) is 29.1. The molecule has 0 bridgehead atoms. The zero-order valence-corrected chi connectivity index (χ0v) is 15.1. The third-order valence-electron chi connectivity index (χ3n) is 5.69. The molecular formula is C20H25N3O3. The van der Waals surface area contributed by atoms with Crippen LogP contribution in [0.4, 0.5) is 0 Å². The number of piperidine rings is 2. The molecule has 2 aromatic rings. The normalized spacial score (nSPS) is 23.4. The van der Waals surface area contributed by atoms with E-state index in [0.29, 0.717) is 44.1 Å². The van der Waals surface area contributed by atoms with Crippen LogP contribution in [0.1, 0.15) is 35.4 Å². The van der Waals surface area contributed by atoms with Gasteiger partial charge in [-0.25, -0.2) is 0 Å². The van der Waals surface area contributed by atoms with E-state index in [2.05, 4.69) is 0 Å². The number of likely N-dealkylation sites (tertiary alicyclic amines) is 2. The maximum Gasteiger partial charge on any atom is 0.253 e. The van der Waals surface area contributed by atoms with Gasteiger partial charge in [-0.15, -0.1) is 0 Å². The first kappa shape index (κ1) is 17.1. The van der Waals surface area contributed by atoms with Crippen molar-refractivity contribution in [1.29, 1.82) is 0 Å². The van der Waals surface area contributed by atoms with Gasteiger partial charge in [-0.2, -0.15) is 0 Å². The van der Waals surface area contributed by atoms with E-state index in [1.54, 1.807) is 0 Å². The predicted octanol–water partition coefficient (Wildman–Crippen LogP) is 2.15. The molecule has 0 unspecified atom stereocenters. The third-order valence-corrected chi connectivity index (χ3v) is 5.69. The van der Waals surface area contributed by atoms with E-state index in [-0.39, 0.29) is 17.9 Å². The molecule has 0 spiro atoms. The molecule has 26 heavy (non-hydrogen) atoms. The lowest BCUT2D eigenvalue weighted by Crippen LogP contribution is -2.57. The fraction of sp³-hybridized carbons (Fsp3) is 0.500. The number of amides is 2. The molecule has 2 aliphatic rings. The average Bonchev–Trinajstić information content (AvgIpc) is 3.02. The van der Waals surface area contributed by atoms with Crippen molar-refractivity contribution >= 4 is 22.8 Å². The number of hydrogen-bond donors (Lipinski definition) is 1. The van der Waals surface area contributed by atoms with Gasteiger partial charge in [0.1, 0.15) is 11.3 Å². The number of aryl methyl sites for hydroxylation is 1. The highest BCUT2D eigenvalue weighted by molar-refractivity contribution is 5.98. The zero-order valence-electron chi connectivity index (χ0n) is 15.1. The number of benzene rings is 1. The minimum Gasteiger partial charge on any atom is -0.461 e. The molecule has 2 N–H and O–H groups in total. The van der Waals surface area contributed by atoms with Crippen LogP contribution in [0, 0.1) is 12.8 Å². The molecular weight excluding hydrogens is 330 g/mol. The van der Waals surface area contributed by atoms with Gasteiger partial charge in [-0.1, -0.05) is 0 Å². The fourth-order valence-corrected chi connectivity index (χ4v) is 4.46. The summed E-state index contributed by atoms with van der Waals surface area (Å²) in [5.41, 5.74) is 7.18. The van der Waals surface area contributed by atoms with E-state index >= 15 is 0 Å². The molecule has 6 nitrogen and oxygen atoms in total. The average molecular weight is 355 g/mol. The SMILES string of the molecule is Cc1cc2cc(C(=O)N3CC[C@@H]4[C@@H](CCC(=O)N4CCN)C3)ccc2o1. The van der Waals surface area contributed by atoms with Gasteiger partial charge >= 0.3 is 0 Å². The van der Waals surface area contributed by atoms with Crippen molar-refractivity contribution in [3.63, 3.8) is 0 Å². The van der Waals surface area contributed by atoms with E-state index in [0.717, 1.165) is 29.6 Å². The molecule has 1 aromatic heterocycles. The highest BCUT2D eigenvalue weighted by Gasteiger charge is 2.40. The van der Waals surface area contributed by atoms with Crippen LogP contribution in [0.5, 0.6) is 0 Å². The lowest BCUT2D eigenvalue weighted by molar-refractivity contribution is -0.140. The number of carbonyl (C=O) groups excluding carboxylic acids is 2. The largest absolute Gasteiger partial charge is 0.461 e. The van der Waals surface area contributed by atoms with Crippen LogP contribution in [0.3, 0.4) is 0 Å². The van der Waals surface area contributed by atoms with Crippen molar-refractivity contribution in [1.82, 2.24) is 9.80 Å². The Labute approximate surface area is 152 Å². The molecule has 0 aliphatic carbocycles. The van der Waals surface area contributed by atoms with Gasteiger partial charge in [-0.05, 0) is 49.9 Å². The molecule has 4 rings (SSSR count). The van der Waals surface area contributed by atoms with Gasteiger partial charge in [0.05, 0.1) is 0 Å². The van der Waals surface area contributed by atoms with Crippen molar-refractivity contribution in [3.05, 3.63) is 35.6 Å². The number of nitrogens with two attached hydrogens (primary N) is 1. The van der Waals surface area contributed by atoms with Crippen molar-refractivity contribution in [2.75, 3.05) is 26.2 Å². The lowest BCUT2D eigenvalue weighted by atomic mass is 9.83. The van der Waals surface area contributed by atoms with Crippen molar-refractivity contribution in [3.8, 4) is 0 Å². The first-order chi connectivity index (χ1) is 12.6. The van der Waals surface area contributed by atoms with Gasteiger partial charge in [0.15, 0.2) is 0 Å². The van der Waals surface area contributed by atoms with Crippen molar-refractivity contribution in [2.45, 2.75) is 32.2 Å². The standard InChI is InChI=1S/C20H25N3O3/c1-13-10-16-11-14(2-4-18(16)26-13)20(25)22-8-6-17-15(12-22)3-5-19(24)23(17)9-7-21/h2,4,10-11,15,17H,3,5-9,12,21H2,1H3/t15-,17+/m0/s1. The molecule has 6 heteroatoms. The molecule has 0 radical (unpaired) electrons. The van der Waals surface area contributed by atoms with Gasteiger partial charge < -0.3 is 20.0 Å². The van der Waals surface area contributed by atoms with Crippen LogP contribution in [0.2, 0.25) is 0 Å². The minimum atomic E-state index is 0.0616. The van der Waals surface area contributed by atoms with Crippen molar-refractivity contribution in [2.24, 2.45) is 11.7 Å². The van der Waals surface area contributed by atoms with Crippen LogP contribution in [0.15, 0.2) is 28.7 Å². The quantitative estimate of drug-likeness (QED) is 0.915. The van der Waals surface area contributed by atoms with E-state index < -0.39 is 0 Å². The number of carbonyl (C=O) groups is 2. The van der Waals surface area contributed by atoms with E-state index in [1.807, 2.05) is 41.0 Å². The fourth-order valence-electron chi connectivity index (χ4n) is 4.46. The summed E-state index contributed by atoms with van der Waals surface area (Å²) in [5, 5.41) is 0.959. The Morgan fingerprint density at radius 2 is 2.15 bits per heavy atom. The van der Waals surface area contributed by atoms with Crippen LogP contribution >= 0.6 is 0 Å². The summed E-state index contributed by atoms with van der Waals surface area (Å²) in [5.74, 6) is 1.46. The van der Waals surface area contributed by atoms with Gasteiger partial charge in [0.2, 0.25) is 5.91 Å². The van der Waals surface area contributed by atoms with Crippen LogP contribution in [-0.2, 0) is 4.79 Å². The second kappa shape index (κ2) is 6.76. The lowest BCUT2D eigenvalue weighted by Gasteiger charge is -2.47. The topological polar surface area (TPSA) is 79.8 Å². The summed E-state index contributed by atoms with van der Waals surface area (Å²) in [7, 11) is 0. The Bertz CT molecular complexity index is 844. The Kier molecular flexibility index (Phi) is 4.44. The maximum atomic E-state index is 13.0. The molecule has 1 aromatic carbocycles. The second-order valence-corrected chi connectivity index (χ2v) is 7.39. The van der Waals surface area contributed by atoms with Crippen LogP contribution < -0.4 is 5.73 Å². The molecule has 2 saturated heterocycles. The van der Waals surface area contributed by atoms with Crippen LogP contribution in [0.25, 0.3) is 11.0 Å². The Morgan fingerprint density at radius 1 is 1.31 bits per heavy atom. The van der Waals surface area contributed by atoms with E-state index in [4.69, 9.17) is 10.2 Å². The van der Waals surface area contributed by atoms with Gasteiger partial charge in [-0.3, -0.25) is 9.59 Å². The summed E-state index contributed by atoms with van der Waals surface area (Å²) in [6.45, 7) is 4.40. The number of hydrogen-bond acceptors (Lipinski definition) is 4. The van der Waals surface area contributed by atoms with E-state index in [1.165, 1.54) is 0 Å². The first-order valence-electron chi connectivity index (χ1n) is 9.36. The Hall–Kier alpha value is -2.34. The van der Waals surface area contributed by atoms with E-state index in [9.17, 15) is 9.59 Å². The number of furan rings is 1. The molecule has 0 saturated carbocycles. The molecule has 2 amide bonds. The highest BCUT2D eigenvalue weighted by atomic mass is 16.3. The summed E-state index contributed by atoms with van der Waals surface area (Å²) < 4.78 is 5.59. The molecule has 3 heterocycles. The smallest absolute Gasteiger partial charge is 0.253 e. The summed E-state index contributed by atoms with van der Waals surface area (Å²) in [6, 6.07) is 7.79. The second-order valence-electron chi connectivity index (χ2n) is 7.39. The number of rotatable bonds is 3. The number of nitrogens with zero attached hydrogens (tertiary/aromatic N) is 2. The van der Waals surface area contributed by atoms with Crippen molar-refractivity contribution < 1.29 is 14.0 Å². The predicted molar refractivity (Wildman–Crippen MR) is 98.8 cm³/mol. The number of fused-ring (bicyclic) bond motifs is 2. The first-order valence-corrected chi connectivity index (χ1v) is 9.36. The molecule has 138 valence electrons.